The van der Waals surface area contributed by atoms with E-state index in [4.69, 9.17) is 10.5 Å². The minimum atomic E-state index is 0.872. The van der Waals surface area contributed by atoms with Crippen LogP contribution in [0.25, 0.3) is 0 Å². The highest BCUT2D eigenvalue weighted by Crippen LogP contribution is 2.38. The number of anilines is 2. The Kier molecular flexibility index (Phi) is 3.06. The Morgan fingerprint density at radius 2 is 1.78 bits per heavy atom. The van der Waals surface area contributed by atoms with Crippen LogP contribution in [0.15, 0.2) is 18.2 Å². The zero-order valence-electron chi connectivity index (χ0n) is 11.1. The summed E-state index contributed by atoms with van der Waals surface area (Å²) in [4.78, 5) is 2.48. The van der Waals surface area contributed by atoms with Crippen LogP contribution in [0, 0.1) is 11.8 Å². The first-order chi connectivity index (χ1) is 8.76. The number of hydrogen-bond acceptors (Lipinski definition) is 3. The molecule has 3 rings (SSSR count). The van der Waals surface area contributed by atoms with Crippen molar-refractivity contribution in [3.05, 3.63) is 18.2 Å². The van der Waals surface area contributed by atoms with Gasteiger partial charge in [0, 0.05) is 19.2 Å². The predicted octanol–water partition coefficient (Wildman–Crippen LogP) is 2.90. The molecule has 2 N–H and O–H groups in total. The molecule has 0 bridgehead atoms. The molecule has 1 aromatic rings. The van der Waals surface area contributed by atoms with Gasteiger partial charge >= 0.3 is 0 Å². The lowest BCUT2D eigenvalue weighted by atomic mass is 10.2. The predicted molar refractivity (Wildman–Crippen MR) is 75.1 cm³/mol. The van der Waals surface area contributed by atoms with Crippen LogP contribution in [0.4, 0.5) is 11.4 Å². The Labute approximate surface area is 109 Å². The number of rotatable bonds is 6. The van der Waals surface area contributed by atoms with E-state index in [1.807, 2.05) is 12.1 Å². The second-order valence-electron chi connectivity index (χ2n) is 5.72. The summed E-state index contributed by atoms with van der Waals surface area (Å²) in [6, 6.07) is 5.98. The van der Waals surface area contributed by atoms with Crippen LogP contribution < -0.4 is 15.4 Å². The minimum Gasteiger partial charge on any atom is -0.497 e. The number of hydrogen-bond donors (Lipinski definition) is 1. The second-order valence-corrected chi connectivity index (χ2v) is 5.72. The number of nitrogens with two attached hydrogens (primary N) is 1. The van der Waals surface area contributed by atoms with Crippen molar-refractivity contribution in [1.29, 1.82) is 0 Å². The number of methoxy groups -OCH3 is 1. The zero-order valence-corrected chi connectivity index (χ0v) is 11.1. The van der Waals surface area contributed by atoms with E-state index in [2.05, 4.69) is 11.0 Å². The first-order valence-electron chi connectivity index (χ1n) is 6.94. The van der Waals surface area contributed by atoms with Crippen molar-refractivity contribution < 1.29 is 4.74 Å². The summed E-state index contributed by atoms with van der Waals surface area (Å²) in [6.45, 7) is 2.32. The highest BCUT2D eigenvalue weighted by Gasteiger charge is 2.30. The van der Waals surface area contributed by atoms with Crippen LogP contribution >= 0.6 is 0 Å². The lowest BCUT2D eigenvalue weighted by Gasteiger charge is -2.26. The van der Waals surface area contributed by atoms with Gasteiger partial charge in [-0.1, -0.05) is 0 Å². The first-order valence-corrected chi connectivity index (χ1v) is 6.94. The van der Waals surface area contributed by atoms with Crippen LogP contribution in [0.2, 0.25) is 0 Å². The molecular weight excluding hydrogens is 224 g/mol. The van der Waals surface area contributed by atoms with Gasteiger partial charge in [0.15, 0.2) is 0 Å². The van der Waals surface area contributed by atoms with E-state index in [-0.39, 0.29) is 0 Å². The third-order valence-corrected chi connectivity index (χ3v) is 3.93. The first kappa shape index (κ1) is 11.7. The summed E-state index contributed by atoms with van der Waals surface area (Å²) >= 11 is 0. The van der Waals surface area contributed by atoms with Crippen molar-refractivity contribution in [3.8, 4) is 5.75 Å². The monoisotopic (exact) mass is 246 g/mol. The molecule has 2 aliphatic rings. The van der Waals surface area contributed by atoms with E-state index in [0.29, 0.717) is 0 Å². The van der Waals surface area contributed by atoms with Crippen LogP contribution in [0.5, 0.6) is 5.75 Å². The lowest BCUT2D eigenvalue weighted by molar-refractivity contribution is 0.415. The molecule has 0 aliphatic heterocycles. The third-order valence-electron chi connectivity index (χ3n) is 3.93. The topological polar surface area (TPSA) is 38.5 Å². The molecule has 18 heavy (non-hydrogen) atoms. The van der Waals surface area contributed by atoms with E-state index in [9.17, 15) is 0 Å². The van der Waals surface area contributed by atoms with Crippen molar-refractivity contribution >= 4 is 11.4 Å². The molecule has 2 saturated carbocycles. The smallest absolute Gasteiger partial charge is 0.121 e. The van der Waals surface area contributed by atoms with Gasteiger partial charge in [0.25, 0.3) is 0 Å². The Morgan fingerprint density at radius 1 is 1.17 bits per heavy atom. The summed E-state index contributed by atoms with van der Waals surface area (Å²) in [5.41, 5.74) is 8.17. The summed E-state index contributed by atoms with van der Waals surface area (Å²) < 4.78 is 5.32. The molecule has 98 valence electrons. The largest absolute Gasteiger partial charge is 0.497 e. The number of ether oxygens (including phenoxy) is 1. The second kappa shape index (κ2) is 4.71. The molecule has 0 aromatic heterocycles. The van der Waals surface area contributed by atoms with Crippen molar-refractivity contribution in [3.63, 3.8) is 0 Å². The van der Waals surface area contributed by atoms with Crippen molar-refractivity contribution in [2.45, 2.75) is 25.7 Å². The molecule has 0 spiro atoms. The van der Waals surface area contributed by atoms with Gasteiger partial charge in [-0.05, 0) is 49.7 Å². The Bertz CT molecular complexity index is 411. The van der Waals surface area contributed by atoms with Crippen molar-refractivity contribution in [2.75, 3.05) is 30.8 Å². The quantitative estimate of drug-likeness (QED) is 0.784. The van der Waals surface area contributed by atoms with Crippen LogP contribution in [-0.2, 0) is 0 Å². The molecule has 0 amide bonds. The summed E-state index contributed by atoms with van der Waals surface area (Å²) in [7, 11) is 1.71. The fourth-order valence-corrected chi connectivity index (χ4v) is 2.42. The molecule has 0 atom stereocenters. The standard InChI is InChI=1S/C15H22N2O/c1-18-13-6-7-14(16)15(8-13)17(9-11-2-3-11)10-12-4-5-12/h6-8,11-12H,2-5,9-10,16H2,1H3. The molecule has 1 aromatic carbocycles. The Balaban J connectivity index is 1.81. The fraction of sp³-hybridized carbons (Fsp3) is 0.600. The number of nitrogens with zero attached hydrogens (tertiary/aromatic N) is 1. The maximum atomic E-state index is 6.14. The highest BCUT2D eigenvalue weighted by molar-refractivity contribution is 5.69. The molecule has 2 fully saturated rings. The summed E-state index contributed by atoms with van der Waals surface area (Å²) in [5, 5.41) is 0. The molecular formula is C15H22N2O. The van der Waals surface area contributed by atoms with E-state index in [0.717, 1.165) is 42.0 Å². The average molecular weight is 246 g/mol. The van der Waals surface area contributed by atoms with Gasteiger partial charge in [-0.15, -0.1) is 0 Å². The molecule has 2 aliphatic carbocycles. The maximum Gasteiger partial charge on any atom is 0.121 e. The maximum absolute atomic E-state index is 6.14. The van der Waals surface area contributed by atoms with Gasteiger partial charge in [0.2, 0.25) is 0 Å². The van der Waals surface area contributed by atoms with Gasteiger partial charge in [0.1, 0.15) is 5.75 Å². The lowest BCUT2D eigenvalue weighted by Crippen LogP contribution is -2.28. The van der Waals surface area contributed by atoms with Crippen molar-refractivity contribution in [1.82, 2.24) is 0 Å². The SMILES string of the molecule is COc1ccc(N)c(N(CC2CC2)CC2CC2)c1. The molecule has 0 saturated heterocycles. The fourth-order valence-electron chi connectivity index (χ4n) is 2.42. The van der Waals surface area contributed by atoms with Gasteiger partial charge in [-0.25, -0.2) is 0 Å². The number of nitrogen functional groups attached to an aromatic ring is 1. The van der Waals surface area contributed by atoms with Gasteiger partial charge in [-0.2, -0.15) is 0 Å². The van der Waals surface area contributed by atoms with Crippen LogP contribution in [0.1, 0.15) is 25.7 Å². The molecule has 0 radical (unpaired) electrons. The van der Waals surface area contributed by atoms with Gasteiger partial charge in [-0.3, -0.25) is 0 Å². The highest BCUT2D eigenvalue weighted by atomic mass is 16.5. The Hall–Kier alpha value is -1.38. The van der Waals surface area contributed by atoms with E-state index in [1.165, 1.54) is 25.7 Å². The van der Waals surface area contributed by atoms with Gasteiger partial charge in [0.05, 0.1) is 18.5 Å². The minimum absolute atomic E-state index is 0.872. The van der Waals surface area contributed by atoms with Crippen molar-refractivity contribution in [2.24, 2.45) is 11.8 Å². The van der Waals surface area contributed by atoms with Crippen LogP contribution in [0.3, 0.4) is 0 Å². The normalized spacial score (nSPS) is 18.7. The molecule has 3 heteroatoms. The Morgan fingerprint density at radius 3 is 2.28 bits per heavy atom. The third kappa shape index (κ3) is 2.71. The summed E-state index contributed by atoms with van der Waals surface area (Å²) in [5.74, 6) is 2.67. The summed E-state index contributed by atoms with van der Waals surface area (Å²) in [6.07, 6.45) is 5.52. The van der Waals surface area contributed by atoms with E-state index < -0.39 is 0 Å². The molecule has 0 unspecified atom stereocenters. The van der Waals surface area contributed by atoms with E-state index >= 15 is 0 Å². The van der Waals surface area contributed by atoms with Gasteiger partial charge < -0.3 is 15.4 Å². The number of benzene rings is 1. The average Bonchev–Trinajstić information content (AvgIpc) is 3.24. The molecule has 0 heterocycles. The zero-order chi connectivity index (χ0) is 12.5. The molecule has 3 nitrogen and oxygen atoms in total. The van der Waals surface area contributed by atoms with E-state index in [1.54, 1.807) is 7.11 Å². The van der Waals surface area contributed by atoms with Crippen LogP contribution in [-0.4, -0.2) is 20.2 Å².